The van der Waals surface area contributed by atoms with Crippen LogP contribution in [0.3, 0.4) is 0 Å². The summed E-state index contributed by atoms with van der Waals surface area (Å²) in [6.45, 7) is 24.2. The Bertz CT molecular complexity index is 448. The minimum Gasteiger partial charge on any atom is -0.413 e. The van der Waals surface area contributed by atoms with Gasteiger partial charge in [0, 0.05) is 5.92 Å². The summed E-state index contributed by atoms with van der Waals surface area (Å²) in [6.07, 6.45) is -1.18. The molecule has 0 saturated heterocycles. The number of hydrogen-bond acceptors (Lipinski definition) is 3. The number of hydrogen-bond donors (Lipinski definition) is 2. The van der Waals surface area contributed by atoms with Crippen LogP contribution in [0.5, 0.6) is 0 Å². The Morgan fingerprint density at radius 1 is 0.808 bits per heavy atom. The van der Waals surface area contributed by atoms with Crippen molar-refractivity contribution in [3.8, 4) is 11.5 Å². The summed E-state index contributed by atoms with van der Waals surface area (Å²) in [5, 5.41) is 21.0. The first kappa shape index (κ1) is 25.9. The third-order valence-corrected chi connectivity index (χ3v) is 12.5. The van der Waals surface area contributed by atoms with Crippen molar-refractivity contribution in [3.05, 3.63) is 0 Å². The summed E-state index contributed by atoms with van der Waals surface area (Å²) in [5.74, 6) is 2.91. The molecule has 0 fully saturated rings. The fourth-order valence-corrected chi connectivity index (χ4v) is 10.2. The van der Waals surface area contributed by atoms with Gasteiger partial charge in [-0.1, -0.05) is 68.1 Å². The van der Waals surface area contributed by atoms with Gasteiger partial charge in [-0.2, -0.15) is 0 Å². The van der Waals surface area contributed by atoms with E-state index in [0.29, 0.717) is 23.2 Å². The van der Waals surface area contributed by atoms with Crippen molar-refractivity contribution in [1.82, 2.24) is 0 Å². The Hall–Kier alpha value is -0.126. The molecule has 0 aliphatic heterocycles. The van der Waals surface area contributed by atoms with E-state index in [4.69, 9.17) is 4.43 Å². The van der Waals surface area contributed by atoms with Gasteiger partial charge in [0.2, 0.25) is 0 Å². The standard InChI is InChI=1S/C21H44O3Si2/c1-15(2)26(16(3)4,17(5)6)24-14-21(23)18(7)20(19(8)22)12-13-25(9,10)11/h15-23H,14H2,1-11H3/t18-,19-,20-,21-/m0/s1. The van der Waals surface area contributed by atoms with Crippen molar-refractivity contribution in [2.24, 2.45) is 11.8 Å². The molecule has 0 aliphatic rings. The Morgan fingerprint density at radius 2 is 1.23 bits per heavy atom. The lowest BCUT2D eigenvalue weighted by molar-refractivity contribution is 0.0147. The van der Waals surface area contributed by atoms with Crippen molar-refractivity contribution in [2.45, 2.75) is 104 Å². The highest BCUT2D eigenvalue weighted by Gasteiger charge is 2.45. The van der Waals surface area contributed by atoms with Crippen LogP contribution in [0.4, 0.5) is 0 Å². The molecule has 0 rings (SSSR count). The molecule has 0 spiro atoms. The fourth-order valence-electron chi connectivity index (χ4n) is 4.11. The topological polar surface area (TPSA) is 49.7 Å². The Balaban J connectivity index is 5.32. The normalized spacial score (nSPS) is 17.8. The first-order valence-electron chi connectivity index (χ1n) is 10.2. The first-order chi connectivity index (χ1) is 11.7. The SMILES string of the molecule is CC(C)[Si](OC[C@H](O)[C@@H](C)[C@H](C#C[Si](C)(C)C)[C@H](C)O)(C(C)C)C(C)C. The van der Waals surface area contributed by atoms with Gasteiger partial charge >= 0.3 is 0 Å². The Kier molecular flexibility index (Phi) is 10.4. The summed E-state index contributed by atoms with van der Waals surface area (Å²) < 4.78 is 6.54. The molecule has 0 heterocycles. The van der Waals surface area contributed by atoms with E-state index in [1.807, 2.05) is 6.92 Å². The lowest BCUT2D eigenvalue weighted by Gasteiger charge is -2.43. The minimum atomic E-state index is -2.00. The molecule has 0 radical (unpaired) electrons. The molecule has 2 N–H and O–H groups in total. The van der Waals surface area contributed by atoms with Crippen LogP contribution < -0.4 is 0 Å². The highest BCUT2D eigenvalue weighted by Crippen LogP contribution is 2.42. The van der Waals surface area contributed by atoms with Gasteiger partial charge in [-0.15, -0.1) is 11.5 Å². The van der Waals surface area contributed by atoms with Gasteiger partial charge in [0.1, 0.15) is 8.07 Å². The monoisotopic (exact) mass is 400 g/mol. The van der Waals surface area contributed by atoms with Gasteiger partial charge in [-0.25, -0.2) is 0 Å². The van der Waals surface area contributed by atoms with E-state index in [0.717, 1.165) is 0 Å². The van der Waals surface area contributed by atoms with Crippen molar-refractivity contribution in [1.29, 1.82) is 0 Å². The third kappa shape index (κ3) is 7.12. The van der Waals surface area contributed by atoms with Gasteiger partial charge in [-0.3, -0.25) is 0 Å². The molecular formula is C21H44O3Si2. The van der Waals surface area contributed by atoms with E-state index in [9.17, 15) is 10.2 Å². The average molecular weight is 401 g/mol. The van der Waals surface area contributed by atoms with Gasteiger partial charge in [-0.05, 0) is 23.5 Å². The van der Waals surface area contributed by atoms with E-state index >= 15 is 0 Å². The molecule has 0 saturated carbocycles. The summed E-state index contributed by atoms with van der Waals surface area (Å²) >= 11 is 0. The average Bonchev–Trinajstić information content (AvgIpc) is 2.44. The lowest BCUT2D eigenvalue weighted by atomic mass is 9.86. The third-order valence-electron chi connectivity index (χ3n) is 5.52. The highest BCUT2D eigenvalue weighted by molar-refractivity contribution is 6.83. The highest BCUT2D eigenvalue weighted by atomic mass is 28.4. The molecule has 0 aromatic rings. The summed E-state index contributed by atoms with van der Waals surface area (Å²) in [7, 11) is -3.52. The minimum absolute atomic E-state index is 0.128. The van der Waals surface area contributed by atoms with Crippen LogP contribution in [0.25, 0.3) is 0 Å². The van der Waals surface area contributed by atoms with Crippen LogP contribution in [0.15, 0.2) is 0 Å². The quantitative estimate of drug-likeness (QED) is 0.420. The molecule has 26 heavy (non-hydrogen) atoms. The van der Waals surface area contributed by atoms with Crippen LogP contribution in [-0.4, -0.2) is 45.4 Å². The molecule has 0 unspecified atom stereocenters. The molecule has 4 atom stereocenters. The molecule has 0 aromatic carbocycles. The van der Waals surface area contributed by atoms with E-state index in [1.165, 1.54) is 0 Å². The summed E-state index contributed by atoms with van der Waals surface area (Å²) in [6, 6.07) is 0. The van der Waals surface area contributed by atoms with E-state index in [2.05, 4.69) is 72.6 Å². The Labute approximate surface area is 165 Å². The van der Waals surface area contributed by atoms with Gasteiger partial charge < -0.3 is 14.6 Å². The molecule has 0 bridgehead atoms. The van der Waals surface area contributed by atoms with E-state index in [1.54, 1.807) is 6.92 Å². The van der Waals surface area contributed by atoms with Gasteiger partial charge in [0.15, 0.2) is 8.32 Å². The summed E-state index contributed by atoms with van der Waals surface area (Å²) in [5.41, 5.74) is 4.82. The molecule has 154 valence electrons. The van der Waals surface area contributed by atoms with Crippen molar-refractivity contribution in [2.75, 3.05) is 6.61 Å². The molecule has 0 amide bonds. The van der Waals surface area contributed by atoms with Crippen molar-refractivity contribution < 1.29 is 14.6 Å². The maximum absolute atomic E-state index is 10.8. The van der Waals surface area contributed by atoms with Crippen LogP contribution in [0.2, 0.25) is 36.3 Å². The number of rotatable bonds is 9. The van der Waals surface area contributed by atoms with Crippen molar-refractivity contribution in [3.63, 3.8) is 0 Å². The smallest absolute Gasteiger partial charge is 0.200 e. The van der Waals surface area contributed by atoms with Gasteiger partial charge in [0.05, 0.1) is 24.7 Å². The van der Waals surface area contributed by atoms with Crippen LogP contribution in [0, 0.1) is 23.3 Å². The molecule has 0 aromatic heterocycles. The zero-order chi connectivity index (χ0) is 20.9. The maximum atomic E-state index is 10.8. The second-order valence-corrected chi connectivity index (χ2v) is 20.1. The molecular weight excluding hydrogens is 356 g/mol. The number of aliphatic hydroxyl groups excluding tert-OH is 2. The predicted octanol–water partition coefficient (Wildman–Crippen LogP) is 5.05. The largest absolute Gasteiger partial charge is 0.413 e. The van der Waals surface area contributed by atoms with E-state index in [-0.39, 0.29) is 11.8 Å². The van der Waals surface area contributed by atoms with Crippen LogP contribution in [-0.2, 0) is 4.43 Å². The molecule has 5 heteroatoms. The van der Waals surface area contributed by atoms with E-state index < -0.39 is 28.6 Å². The van der Waals surface area contributed by atoms with Crippen molar-refractivity contribution >= 4 is 16.4 Å². The predicted molar refractivity (Wildman–Crippen MR) is 118 cm³/mol. The second kappa shape index (κ2) is 10.4. The van der Waals surface area contributed by atoms with Crippen LogP contribution in [0.1, 0.15) is 55.4 Å². The maximum Gasteiger partial charge on any atom is 0.200 e. The van der Waals surface area contributed by atoms with Gasteiger partial charge in [0.25, 0.3) is 0 Å². The Morgan fingerprint density at radius 3 is 1.54 bits per heavy atom. The number of aliphatic hydroxyl groups is 2. The zero-order valence-electron chi connectivity index (χ0n) is 19.1. The first-order valence-corrected chi connectivity index (χ1v) is 15.8. The van der Waals surface area contributed by atoms with Crippen LogP contribution >= 0.6 is 0 Å². The summed E-state index contributed by atoms with van der Waals surface area (Å²) in [4.78, 5) is 0. The fraction of sp³-hybridized carbons (Fsp3) is 0.905. The molecule has 3 nitrogen and oxygen atoms in total. The lowest BCUT2D eigenvalue weighted by Crippen LogP contribution is -2.50. The zero-order valence-corrected chi connectivity index (χ0v) is 21.1. The second-order valence-electron chi connectivity index (χ2n) is 9.84. The molecule has 0 aliphatic carbocycles.